The third-order valence-electron chi connectivity index (χ3n) is 2.18. The third kappa shape index (κ3) is 2.68. The Kier molecular flexibility index (Phi) is 3.17. The standard InChI is InChI=1S/C13H9ClN2O/c14-13-7-12(4-1-9(13)8-15)17-11-5-2-10(16)3-6-11/h1-7H,16H2. The summed E-state index contributed by atoms with van der Waals surface area (Å²) in [7, 11) is 0. The molecular formula is C13H9ClN2O. The lowest BCUT2D eigenvalue weighted by molar-refractivity contribution is 0.483. The van der Waals surface area contributed by atoms with Crippen molar-refractivity contribution in [3.8, 4) is 17.6 Å². The lowest BCUT2D eigenvalue weighted by Gasteiger charge is -2.06. The highest BCUT2D eigenvalue weighted by atomic mass is 35.5. The van der Waals surface area contributed by atoms with Gasteiger partial charge < -0.3 is 10.5 Å². The highest BCUT2D eigenvalue weighted by molar-refractivity contribution is 6.31. The van der Waals surface area contributed by atoms with Gasteiger partial charge in [-0.2, -0.15) is 5.26 Å². The quantitative estimate of drug-likeness (QED) is 0.822. The molecule has 0 spiro atoms. The first-order chi connectivity index (χ1) is 8.19. The van der Waals surface area contributed by atoms with Crippen molar-refractivity contribution in [2.24, 2.45) is 0 Å². The number of hydrogen-bond donors (Lipinski definition) is 1. The van der Waals surface area contributed by atoms with E-state index in [2.05, 4.69) is 0 Å². The summed E-state index contributed by atoms with van der Waals surface area (Å²) in [5.74, 6) is 1.25. The Morgan fingerprint density at radius 2 is 1.71 bits per heavy atom. The van der Waals surface area contributed by atoms with Crippen LogP contribution in [0.3, 0.4) is 0 Å². The zero-order valence-electron chi connectivity index (χ0n) is 8.85. The summed E-state index contributed by atoms with van der Waals surface area (Å²) in [5.41, 5.74) is 6.67. The van der Waals surface area contributed by atoms with Gasteiger partial charge in [0.15, 0.2) is 0 Å². The summed E-state index contributed by atoms with van der Waals surface area (Å²) in [4.78, 5) is 0. The average molecular weight is 245 g/mol. The molecule has 0 aliphatic heterocycles. The molecule has 17 heavy (non-hydrogen) atoms. The van der Waals surface area contributed by atoms with Crippen LogP contribution in [-0.2, 0) is 0 Å². The molecule has 0 saturated carbocycles. The van der Waals surface area contributed by atoms with E-state index in [9.17, 15) is 0 Å². The van der Waals surface area contributed by atoms with Crippen LogP contribution in [0.1, 0.15) is 5.56 Å². The van der Waals surface area contributed by atoms with E-state index < -0.39 is 0 Å². The van der Waals surface area contributed by atoms with Crippen LogP contribution in [0.15, 0.2) is 42.5 Å². The maximum atomic E-state index is 8.74. The predicted octanol–water partition coefficient (Wildman–Crippen LogP) is 3.59. The maximum absolute atomic E-state index is 8.74. The normalized spacial score (nSPS) is 9.65. The number of benzene rings is 2. The van der Waals surface area contributed by atoms with Gasteiger partial charge in [-0.15, -0.1) is 0 Å². The Bertz CT molecular complexity index is 573. The summed E-state index contributed by atoms with van der Waals surface area (Å²) in [5, 5.41) is 9.12. The molecule has 2 rings (SSSR count). The van der Waals surface area contributed by atoms with E-state index in [0.717, 1.165) is 0 Å². The minimum absolute atomic E-state index is 0.375. The maximum Gasteiger partial charge on any atom is 0.129 e. The van der Waals surface area contributed by atoms with Gasteiger partial charge in [0.2, 0.25) is 0 Å². The smallest absolute Gasteiger partial charge is 0.129 e. The van der Waals surface area contributed by atoms with Gasteiger partial charge in [-0.1, -0.05) is 11.6 Å². The molecule has 0 aromatic heterocycles. The first-order valence-electron chi connectivity index (χ1n) is 4.92. The Morgan fingerprint density at radius 1 is 1.06 bits per heavy atom. The number of nitriles is 1. The fourth-order valence-corrected chi connectivity index (χ4v) is 1.53. The molecule has 4 heteroatoms. The van der Waals surface area contributed by atoms with Crippen molar-refractivity contribution in [3.05, 3.63) is 53.1 Å². The number of nitrogens with two attached hydrogens (primary N) is 1. The molecule has 3 nitrogen and oxygen atoms in total. The van der Waals surface area contributed by atoms with Crippen molar-refractivity contribution in [2.45, 2.75) is 0 Å². The van der Waals surface area contributed by atoms with Crippen LogP contribution >= 0.6 is 11.6 Å². The molecule has 0 heterocycles. The molecule has 0 unspecified atom stereocenters. The molecule has 0 atom stereocenters. The van der Waals surface area contributed by atoms with Crippen molar-refractivity contribution in [3.63, 3.8) is 0 Å². The molecular weight excluding hydrogens is 236 g/mol. The zero-order chi connectivity index (χ0) is 12.3. The van der Waals surface area contributed by atoms with Crippen LogP contribution in [0, 0.1) is 11.3 Å². The number of rotatable bonds is 2. The van der Waals surface area contributed by atoms with Crippen molar-refractivity contribution < 1.29 is 4.74 Å². The number of anilines is 1. The summed E-state index contributed by atoms with van der Waals surface area (Å²) >= 11 is 5.90. The summed E-state index contributed by atoms with van der Waals surface area (Å²) in [6.07, 6.45) is 0. The second-order valence-corrected chi connectivity index (χ2v) is 3.83. The van der Waals surface area contributed by atoms with E-state index in [0.29, 0.717) is 27.8 Å². The molecule has 2 aromatic rings. The second kappa shape index (κ2) is 4.77. The minimum atomic E-state index is 0.375. The van der Waals surface area contributed by atoms with E-state index in [-0.39, 0.29) is 0 Å². The number of nitrogen functional groups attached to an aromatic ring is 1. The van der Waals surface area contributed by atoms with E-state index in [1.807, 2.05) is 6.07 Å². The van der Waals surface area contributed by atoms with Gasteiger partial charge in [-0.3, -0.25) is 0 Å². The largest absolute Gasteiger partial charge is 0.457 e. The fourth-order valence-electron chi connectivity index (χ4n) is 1.32. The molecule has 2 N–H and O–H groups in total. The topological polar surface area (TPSA) is 59.0 Å². The van der Waals surface area contributed by atoms with Gasteiger partial charge in [0.25, 0.3) is 0 Å². The molecule has 0 radical (unpaired) electrons. The fraction of sp³-hybridized carbons (Fsp3) is 0. The Hall–Kier alpha value is -2.18. The van der Waals surface area contributed by atoms with E-state index in [1.165, 1.54) is 0 Å². The van der Waals surface area contributed by atoms with Crippen molar-refractivity contribution in [1.82, 2.24) is 0 Å². The lowest BCUT2D eigenvalue weighted by Crippen LogP contribution is -1.87. The molecule has 0 bridgehead atoms. The van der Waals surface area contributed by atoms with Gasteiger partial charge in [-0.05, 0) is 36.4 Å². The van der Waals surface area contributed by atoms with Crippen molar-refractivity contribution in [2.75, 3.05) is 5.73 Å². The Morgan fingerprint density at radius 3 is 2.29 bits per heavy atom. The van der Waals surface area contributed by atoms with Gasteiger partial charge in [-0.25, -0.2) is 0 Å². The molecule has 0 aliphatic carbocycles. The monoisotopic (exact) mass is 244 g/mol. The Labute approximate surface area is 104 Å². The van der Waals surface area contributed by atoms with Gasteiger partial charge in [0.05, 0.1) is 10.6 Å². The number of ether oxygens (including phenoxy) is 1. The van der Waals surface area contributed by atoms with E-state index in [1.54, 1.807) is 42.5 Å². The van der Waals surface area contributed by atoms with E-state index >= 15 is 0 Å². The van der Waals surface area contributed by atoms with Crippen molar-refractivity contribution >= 4 is 17.3 Å². The van der Waals surface area contributed by atoms with Crippen molar-refractivity contribution in [1.29, 1.82) is 5.26 Å². The summed E-state index contributed by atoms with van der Waals surface area (Å²) in [6, 6.07) is 13.9. The van der Waals surface area contributed by atoms with Crippen LogP contribution in [0.4, 0.5) is 5.69 Å². The summed E-state index contributed by atoms with van der Waals surface area (Å²) in [6.45, 7) is 0. The molecule has 84 valence electrons. The van der Waals surface area contributed by atoms with Crippen LogP contribution in [0.25, 0.3) is 0 Å². The van der Waals surface area contributed by atoms with Gasteiger partial charge in [0, 0.05) is 11.8 Å². The van der Waals surface area contributed by atoms with Crippen LogP contribution in [0.2, 0.25) is 5.02 Å². The predicted molar refractivity (Wildman–Crippen MR) is 67.1 cm³/mol. The van der Waals surface area contributed by atoms with Crippen LogP contribution < -0.4 is 10.5 Å². The molecule has 0 aliphatic rings. The first kappa shape index (κ1) is 11.3. The lowest BCUT2D eigenvalue weighted by atomic mass is 10.2. The molecule has 0 fully saturated rings. The average Bonchev–Trinajstić information content (AvgIpc) is 2.32. The number of hydrogen-bond acceptors (Lipinski definition) is 3. The van der Waals surface area contributed by atoms with Gasteiger partial charge >= 0.3 is 0 Å². The third-order valence-corrected chi connectivity index (χ3v) is 2.49. The SMILES string of the molecule is N#Cc1ccc(Oc2ccc(N)cc2)cc1Cl. The highest BCUT2D eigenvalue weighted by Gasteiger charge is 2.02. The van der Waals surface area contributed by atoms with Gasteiger partial charge in [0.1, 0.15) is 17.6 Å². The molecule has 0 saturated heterocycles. The summed E-state index contributed by atoms with van der Waals surface area (Å²) < 4.78 is 5.56. The second-order valence-electron chi connectivity index (χ2n) is 3.42. The van der Waals surface area contributed by atoms with Crippen LogP contribution in [-0.4, -0.2) is 0 Å². The number of halogens is 1. The Balaban J connectivity index is 2.22. The van der Waals surface area contributed by atoms with Crippen LogP contribution in [0.5, 0.6) is 11.5 Å². The number of nitrogens with zero attached hydrogens (tertiary/aromatic N) is 1. The molecule has 0 amide bonds. The minimum Gasteiger partial charge on any atom is -0.457 e. The van der Waals surface area contributed by atoms with E-state index in [4.69, 9.17) is 27.3 Å². The zero-order valence-corrected chi connectivity index (χ0v) is 9.61. The molecule has 2 aromatic carbocycles. The first-order valence-corrected chi connectivity index (χ1v) is 5.30. The highest BCUT2D eigenvalue weighted by Crippen LogP contribution is 2.26.